The molecule has 6 rings (SSSR count). The third-order valence-corrected chi connectivity index (χ3v) is 8.36. The predicted molar refractivity (Wildman–Crippen MR) is 177 cm³/mol. The molecule has 0 amide bonds. The summed E-state index contributed by atoms with van der Waals surface area (Å²) in [6.07, 6.45) is 1.03. The first-order chi connectivity index (χ1) is 20.7. The van der Waals surface area contributed by atoms with Gasteiger partial charge in [0.05, 0.1) is 34.6 Å². The summed E-state index contributed by atoms with van der Waals surface area (Å²) in [5, 5.41) is 0. The number of carbonyl (C=O) groups is 1. The molecular formula is C37H40N4O2. The number of aromatic nitrogens is 2. The van der Waals surface area contributed by atoms with Crippen LogP contribution in [-0.2, 0) is 17.2 Å². The molecule has 6 nitrogen and oxygen atoms in total. The fourth-order valence-corrected chi connectivity index (χ4v) is 6.13. The summed E-state index contributed by atoms with van der Waals surface area (Å²) >= 11 is 0. The van der Waals surface area contributed by atoms with E-state index >= 15 is 0 Å². The van der Waals surface area contributed by atoms with Crippen LogP contribution in [0.5, 0.6) is 0 Å². The SMILES string of the molecule is CCCN1CN(COC(=O)c2cc(C(C)(C)C)ccc2-c2ccccc2)c2cc(-c3nc4ccccc4n3C)cc(C)c21. The fourth-order valence-electron chi connectivity index (χ4n) is 6.13. The number of anilines is 2. The molecule has 2 heterocycles. The topological polar surface area (TPSA) is 50.6 Å². The molecule has 0 N–H and O–H groups in total. The second-order valence-corrected chi connectivity index (χ2v) is 12.5. The Bertz CT molecular complexity index is 1800. The third kappa shape index (κ3) is 5.38. The molecule has 0 spiro atoms. The van der Waals surface area contributed by atoms with Crippen molar-refractivity contribution in [1.29, 1.82) is 0 Å². The average Bonchev–Trinajstić information content (AvgIpc) is 3.53. The Balaban J connectivity index is 1.34. The summed E-state index contributed by atoms with van der Waals surface area (Å²) in [6, 6.07) is 28.8. The smallest absolute Gasteiger partial charge is 0.340 e. The minimum absolute atomic E-state index is 0.0947. The van der Waals surface area contributed by atoms with Crippen LogP contribution in [0.4, 0.5) is 11.4 Å². The normalized spacial score (nSPS) is 13.1. The van der Waals surface area contributed by atoms with Crippen molar-refractivity contribution >= 4 is 28.4 Å². The molecule has 4 aromatic carbocycles. The van der Waals surface area contributed by atoms with Gasteiger partial charge in [-0.2, -0.15) is 0 Å². The second-order valence-electron chi connectivity index (χ2n) is 12.5. The van der Waals surface area contributed by atoms with Gasteiger partial charge >= 0.3 is 5.97 Å². The summed E-state index contributed by atoms with van der Waals surface area (Å²) in [6.45, 7) is 12.6. The lowest BCUT2D eigenvalue weighted by Crippen LogP contribution is -2.33. The van der Waals surface area contributed by atoms with Crippen molar-refractivity contribution in [2.75, 3.05) is 29.7 Å². The van der Waals surface area contributed by atoms with Gasteiger partial charge in [-0.1, -0.05) is 82.3 Å². The Hall–Kier alpha value is -4.58. The van der Waals surface area contributed by atoms with E-state index < -0.39 is 0 Å². The number of rotatable bonds is 7. The zero-order chi connectivity index (χ0) is 30.3. The summed E-state index contributed by atoms with van der Waals surface area (Å²) in [5.41, 5.74) is 10.0. The highest BCUT2D eigenvalue weighted by atomic mass is 16.5. The number of benzene rings is 4. The maximum absolute atomic E-state index is 13.8. The largest absolute Gasteiger partial charge is 0.441 e. The summed E-state index contributed by atoms with van der Waals surface area (Å²) < 4.78 is 8.27. The summed E-state index contributed by atoms with van der Waals surface area (Å²) in [5.74, 6) is 0.605. The van der Waals surface area contributed by atoms with Crippen molar-refractivity contribution in [1.82, 2.24) is 9.55 Å². The molecule has 0 bridgehead atoms. The lowest BCUT2D eigenvalue weighted by molar-refractivity contribution is 0.0507. The van der Waals surface area contributed by atoms with Crippen LogP contribution >= 0.6 is 0 Å². The van der Waals surface area contributed by atoms with Gasteiger partial charge in [-0.15, -0.1) is 0 Å². The summed E-state index contributed by atoms with van der Waals surface area (Å²) in [4.78, 5) is 23.3. The summed E-state index contributed by atoms with van der Waals surface area (Å²) in [7, 11) is 2.06. The van der Waals surface area contributed by atoms with Crippen LogP contribution in [0.1, 0.15) is 55.6 Å². The van der Waals surface area contributed by atoms with Gasteiger partial charge in [0.15, 0.2) is 6.73 Å². The van der Waals surface area contributed by atoms with Gasteiger partial charge < -0.3 is 19.1 Å². The van der Waals surface area contributed by atoms with E-state index in [0.29, 0.717) is 12.2 Å². The zero-order valence-electron chi connectivity index (χ0n) is 26.0. The number of carbonyl (C=O) groups excluding carboxylic acids is 1. The number of imidazole rings is 1. The van der Waals surface area contributed by atoms with Crippen molar-refractivity contribution in [2.24, 2.45) is 7.05 Å². The van der Waals surface area contributed by atoms with E-state index in [9.17, 15) is 4.79 Å². The lowest BCUT2D eigenvalue weighted by Gasteiger charge is -2.23. The predicted octanol–water partition coefficient (Wildman–Crippen LogP) is 8.32. The zero-order valence-corrected chi connectivity index (χ0v) is 26.0. The number of para-hydroxylation sites is 2. The molecule has 5 aromatic rings. The monoisotopic (exact) mass is 572 g/mol. The number of ether oxygens (including phenoxy) is 1. The Kier molecular flexibility index (Phi) is 7.47. The van der Waals surface area contributed by atoms with E-state index in [4.69, 9.17) is 9.72 Å². The number of aryl methyl sites for hydroxylation is 2. The molecule has 0 aliphatic carbocycles. The maximum Gasteiger partial charge on any atom is 0.340 e. The highest BCUT2D eigenvalue weighted by molar-refractivity contribution is 5.98. The number of nitrogens with zero attached hydrogens (tertiary/aromatic N) is 4. The molecule has 0 atom stereocenters. The quantitative estimate of drug-likeness (QED) is 0.184. The molecule has 0 radical (unpaired) electrons. The molecule has 1 aliphatic heterocycles. The van der Waals surface area contributed by atoms with E-state index in [1.54, 1.807) is 0 Å². The van der Waals surface area contributed by atoms with Crippen LogP contribution < -0.4 is 9.80 Å². The highest BCUT2D eigenvalue weighted by Gasteiger charge is 2.30. The minimum atomic E-state index is -0.316. The number of fused-ring (bicyclic) bond motifs is 2. The number of esters is 1. The lowest BCUT2D eigenvalue weighted by atomic mass is 9.84. The van der Waals surface area contributed by atoms with Crippen molar-refractivity contribution in [2.45, 2.75) is 46.5 Å². The second kappa shape index (κ2) is 11.3. The molecule has 0 unspecified atom stereocenters. The van der Waals surface area contributed by atoms with Gasteiger partial charge in [0.1, 0.15) is 5.82 Å². The molecule has 220 valence electrons. The van der Waals surface area contributed by atoms with Crippen LogP contribution in [0.15, 0.2) is 84.9 Å². The average molecular weight is 573 g/mol. The van der Waals surface area contributed by atoms with Gasteiger partial charge in [0.25, 0.3) is 0 Å². The Morgan fingerprint density at radius 1 is 0.907 bits per heavy atom. The third-order valence-electron chi connectivity index (χ3n) is 8.36. The van der Waals surface area contributed by atoms with E-state index in [1.807, 2.05) is 60.7 Å². The molecule has 43 heavy (non-hydrogen) atoms. The fraction of sp³-hybridized carbons (Fsp3) is 0.297. The number of hydrogen-bond donors (Lipinski definition) is 0. The Morgan fingerprint density at radius 2 is 1.65 bits per heavy atom. The maximum atomic E-state index is 13.8. The molecule has 0 fully saturated rings. The van der Waals surface area contributed by atoms with Crippen molar-refractivity contribution < 1.29 is 9.53 Å². The first-order valence-corrected chi connectivity index (χ1v) is 15.1. The van der Waals surface area contributed by atoms with Gasteiger partial charge in [-0.05, 0) is 71.3 Å². The molecule has 1 aromatic heterocycles. The van der Waals surface area contributed by atoms with E-state index in [0.717, 1.165) is 57.8 Å². The van der Waals surface area contributed by atoms with Crippen LogP contribution in [0.3, 0.4) is 0 Å². The van der Waals surface area contributed by atoms with Gasteiger partial charge in [-0.3, -0.25) is 0 Å². The van der Waals surface area contributed by atoms with Crippen LogP contribution in [0.2, 0.25) is 0 Å². The molecule has 0 saturated carbocycles. The van der Waals surface area contributed by atoms with Crippen molar-refractivity contribution in [3.63, 3.8) is 0 Å². The molecule has 1 aliphatic rings. The van der Waals surface area contributed by atoms with E-state index in [2.05, 4.69) is 80.3 Å². The molecule has 6 heteroatoms. The highest BCUT2D eigenvalue weighted by Crippen LogP contribution is 2.42. The number of hydrogen-bond acceptors (Lipinski definition) is 5. The first kappa shape index (κ1) is 28.5. The van der Waals surface area contributed by atoms with Crippen LogP contribution in [-0.4, -0.2) is 35.5 Å². The van der Waals surface area contributed by atoms with Crippen LogP contribution in [0.25, 0.3) is 33.5 Å². The van der Waals surface area contributed by atoms with Gasteiger partial charge in [0, 0.05) is 19.2 Å². The van der Waals surface area contributed by atoms with Crippen molar-refractivity contribution in [3.8, 4) is 22.5 Å². The molecule has 0 saturated heterocycles. The van der Waals surface area contributed by atoms with Crippen molar-refractivity contribution in [3.05, 3.63) is 102 Å². The Labute approximate surface area is 254 Å². The van der Waals surface area contributed by atoms with E-state index in [1.165, 1.54) is 11.3 Å². The van der Waals surface area contributed by atoms with E-state index in [-0.39, 0.29) is 18.1 Å². The molecular weight excluding hydrogens is 532 g/mol. The van der Waals surface area contributed by atoms with Gasteiger partial charge in [-0.25, -0.2) is 9.78 Å². The Morgan fingerprint density at radius 3 is 2.37 bits per heavy atom. The van der Waals surface area contributed by atoms with Crippen LogP contribution in [0, 0.1) is 6.92 Å². The standard InChI is InChI=1S/C37H40N4O2/c1-7-19-40-23-41(33-21-27(20-25(2)34(33)40)35-38-31-15-11-12-16-32(31)39(35)6)24-43-36(42)30-22-28(37(3,4)5)17-18-29(30)26-13-9-8-10-14-26/h8-18,20-22H,7,19,23-24H2,1-6H3. The first-order valence-electron chi connectivity index (χ1n) is 15.1. The minimum Gasteiger partial charge on any atom is -0.441 e. The van der Waals surface area contributed by atoms with Gasteiger partial charge in [0.2, 0.25) is 0 Å².